The monoisotopic (exact) mass is 592 g/mol. The molecule has 7 nitrogen and oxygen atoms in total. The zero-order chi connectivity index (χ0) is 29.1. The summed E-state index contributed by atoms with van der Waals surface area (Å²) in [5.74, 6) is 0.445. The van der Waals surface area contributed by atoms with Crippen molar-refractivity contribution in [3.8, 4) is 22.7 Å². The molecule has 0 bridgehead atoms. The van der Waals surface area contributed by atoms with E-state index in [1.165, 1.54) is 28.8 Å². The lowest BCUT2D eigenvalue weighted by Gasteiger charge is -2.24. The van der Waals surface area contributed by atoms with E-state index in [0.29, 0.717) is 28.0 Å². The molecule has 0 aliphatic carbocycles. The molecule has 1 N–H and O–H groups in total. The third-order valence-electron chi connectivity index (χ3n) is 7.02. The second kappa shape index (κ2) is 12.4. The molecule has 1 aliphatic rings. The molecule has 0 saturated heterocycles. The molecule has 0 fully saturated rings. The van der Waals surface area contributed by atoms with E-state index in [9.17, 15) is 14.0 Å². The van der Waals surface area contributed by atoms with Gasteiger partial charge in [0.25, 0.3) is 0 Å². The fraction of sp³-hybridized carbons (Fsp3) is 0.258. The maximum atomic E-state index is 13.9. The first-order valence-electron chi connectivity index (χ1n) is 13.3. The van der Waals surface area contributed by atoms with Gasteiger partial charge < -0.3 is 10.1 Å². The van der Waals surface area contributed by atoms with Crippen LogP contribution < -0.4 is 15.0 Å². The van der Waals surface area contributed by atoms with Gasteiger partial charge in [-0.2, -0.15) is 5.10 Å². The van der Waals surface area contributed by atoms with Crippen LogP contribution in [-0.4, -0.2) is 47.0 Å². The molecule has 2 heterocycles. The predicted octanol–water partition coefficient (Wildman–Crippen LogP) is 6.42. The summed E-state index contributed by atoms with van der Waals surface area (Å²) in [5.41, 5.74) is 3.69. The van der Waals surface area contributed by atoms with Gasteiger partial charge in [0.05, 0.1) is 29.5 Å². The van der Waals surface area contributed by atoms with Crippen molar-refractivity contribution >= 4 is 41.0 Å². The number of nitrogens with zero attached hydrogens (tertiary/aromatic N) is 3. The van der Waals surface area contributed by atoms with Gasteiger partial charge >= 0.3 is 0 Å². The number of rotatable bonds is 8. The molecule has 4 aromatic rings. The topological polar surface area (TPSA) is 76.5 Å². The van der Waals surface area contributed by atoms with Gasteiger partial charge in [0.15, 0.2) is 0 Å². The Morgan fingerprint density at radius 1 is 1.12 bits per heavy atom. The molecule has 1 aliphatic heterocycles. The Hall–Kier alpha value is -3.82. The maximum Gasteiger partial charge on any atom is 0.240 e. The van der Waals surface area contributed by atoms with E-state index in [1.54, 1.807) is 36.1 Å². The Morgan fingerprint density at radius 3 is 2.44 bits per heavy atom. The van der Waals surface area contributed by atoms with E-state index in [4.69, 9.17) is 21.4 Å². The zero-order valence-corrected chi connectivity index (χ0v) is 24.5. The number of ether oxygens (including phenoxy) is 1. The average molecular weight is 593 g/mol. The van der Waals surface area contributed by atoms with E-state index in [2.05, 4.69) is 5.32 Å². The zero-order valence-electron chi connectivity index (χ0n) is 22.9. The minimum atomic E-state index is -0.366. The van der Waals surface area contributed by atoms with Crippen molar-refractivity contribution in [2.75, 3.05) is 24.3 Å². The second-order valence-electron chi connectivity index (χ2n) is 9.80. The summed E-state index contributed by atoms with van der Waals surface area (Å²) in [6, 6.07) is 20.9. The molecule has 0 saturated carbocycles. The highest BCUT2D eigenvalue weighted by molar-refractivity contribution is 8.00. The number of amides is 2. The number of hydrogen-bond donors (Lipinski definition) is 1. The standard InChI is InChI=1S/C31H30ClFN4O3S/c1-4-19(2)34-26(38)17-36-27(39)18-41-30(21-7-11-23(33)12-8-21)28-29(20-5-9-22(32)10-6-20)35-37(31(28)36)24-13-15-25(40-3)16-14-24/h5-16,19,30H,4,17-18H2,1-3H3,(H,34,38)/t19-,30+/m1/s1. The number of aromatic nitrogens is 2. The summed E-state index contributed by atoms with van der Waals surface area (Å²) in [6.45, 7) is 3.74. The number of fused-ring (bicyclic) bond motifs is 1. The van der Waals surface area contributed by atoms with Gasteiger partial charge in [-0.1, -0.05) is 42.8 Å². The molecule has 3 aromatic carbocycles. The Kier molecular flexibility index (Phi) is 8.65. The summed E-state index contributed by atoms with van der Waals surface area (Å²) in [4.78, 5) is 28.4. The minimum Gasteiger partial charge on any atom is -0.497 e. The highest BCUT2D eigenvalue weighted by Crippen LogP contribution is 2.48. The Labute approximate surface area is 247 Å². The summed E-state index contributed by atoms with van der Waals surface area (Å²) in [5, 5.41) is 8.23. The van der Waals surface area contributed by atoms with Crippen LogP contribution in [0.3, 0.4) is 0 Å². The summed E-state index contributed by atoms with van der Waals surface area (Å²) >= 11 is 7.64. The van der Waals surface area contributed by atoms with Gasteiger partial charge in [-0.15, -0.1) is 11.8 Å². The van der Waals surface area contributed by atoms with Crippen molar-refractivity contribution in [3.63, 3.8) is 0 Å². The van der Waals surface area contributed by atoms with Gasteiger partial charge in [-0.05, 0) is 67.4 Å². The fourth-order valence-corrected chi connectivity index (χ4v) is 6.03. The molecular formula is C31H30ClFN4O3S. The van der Waals surface area contributed by atoms with Crippen LogP contribution >= 0.6 is 23.4 Å². The lowest BCUT2D eigenvalue weighted by molar-refractivity contribution is -0.123. The van der Waals surface area contributed by atoms with Gasteiger partial charge in [-0.3, -0.25) is 14.5 Å². The van der Waals surface area contributed by atoms with E-state index < -0.39 is 0 Å². The van der Waals surface area contributed by atoms with Crippen LogP contribution in [0.1, 0.15) is 36.6 Å². The molecule has 0 spiro atoms. The third kappa shape index (κ3) is 6.11. The van der Waals surface area contributed by atoms with Crippen LogP contribution in [0.25, 0.3) is 16.9 Å². The number of hydrogen-bond acceptors (Lipinski definition) is 5. The number of thioether (sulfide) groups is 1. The molecular weight excluding hydrogens is 563 g/mol. The Morgan fingerprint density at radius 2 is 1.80 bits per heavy atom. The number of nitrogens with one attached hydrogen (secondary N) is 1. The lowest BCUT2D eigenvalue weighted by atomic mass is 9.99. The fourth-order valence-electron chi connectivity index (χ4n) is 4.71. The van der Waals surface area contributed by atoms with E-state index in [-0.39, 0.29) is 41.2 Å². The van der Waals surface area contributed by atoms with Crippen molar-refractivity contribution in [3.05, 3.63) is 94.8 Å². The first kappa shape index (κ1) is 28.7. The molecule has 0 radical (unpaired) electrons. The molecule has 212 valence electrons. The van der Waals surface area contributed by atoms with Crippen LogP contribution in [0.2, 0.25) is 5.02 Å². The van der Waals surface area contributed by atoms with Crippen LogP contribution in [0.5, 0.6) is 5.75 Å². The molecule has 41 heavy (non-hydrogen) atoms. The molecule has 2 amide bonds. The second-order valence-corrected chi connectivity index (χ2v) is 11.3. The number of methoxy groups -OCH3 is 1. The number of anilines is 1. The largest absolute Gasteiger partial charge is 0.497 e. The van der Waals surface area contributed by atoms with Crippen molar-refractivity contribution in [2.24, 2.45) is 0 Å². The van der Waals surface area contributed by atoms with Gasteiger partial charge in [0.2, 0.25) is 11.8 Å². The van der Waals surface area contributed by atoms with Crippen molar-refractivity contribution in [1.82, 2.24) is 15.1 Å². The van der Waals surface area contributed by atoms with Crippen LogP contribution in [-0.2, 0) is 9.59 Å². The van der Waals surface area contributed by atoms with Crippen LogP contribution in [0.4, 0.5) is 10.2 Å². The average Bonchev–Trinajstić information content (AvgIpc) is 3.30. The number of halogens is 2. The van der Waals surface area contributed by atoms with E-state index >= 15 is 0 Å². The molecule has 10 heteroatoms. The maximum absolute atomic E-state index is 13.9. The highest BCUT2D eigenvalue weighted by atomic mass is 35.5. The highest BCUT2D eigenvalue weighted by Gasteiger charge is 2.37. The van der Waals surface area contributed by atoms with Gasteiger partial charge in [0.1, 0.15) is 23.9 Å². The third-order valence-corrected chi connectivity index (χ3v) is 8.52. The number of carbonyl (C=O) groups is 2. The van der Waals surface area contributed by atoms with Crippen molar-refractivity contribution in [2.45, 2.75) is 31.6 Å². The summed E-state index contributed by atoms with van der Waals surface area (Å²) in [7, 11) is 1.59. The molecule has 2 atom stereocenters. The summed E-state index contributed by atoms with van der Waals surface area (Å²) < 4.78 is 21.0. The van der Waals surface area contributed by atoms with Crippen LogP contribution in [0.15, 0.2) is 72.8 Å². The predicted molar refractivity (Wildman–Crippen MR) is 162 cm³/mol. The Balaban J connectivity index is 1.77. The lowest BCUT2D eigenvalue weighted by Crippen LogP contribution is -2.44. The number of carbonyl (C=O) groups excluding carboxylic acids is 2. The SMILES string of the molecule is CC[C@@H](C)NC(=O)CN1C(=O)CS[C@@H](c2ccc(F)cc2)c2c(-c3ccc(Cl)cc3)nn(-c3ccc(OC)cc3)c21. The van der Waals surface area contributed by atoms with Gasteiger partial charge in [0, 0.05) is 22.2 Å². The van der Waals surface area contributed by atoms with E-state index in [0.717, 1.165) is 23.1 Å². The normalized spacial score (nSPS) is 15.7. The first-order chi connectivity index (χ1) is 19.8. The molecule has 0 unspecified atom stereocenters. The molecule has 1 aromatic heterocycles. The van der Waals surface area contributed by atoms with Crippen LogP contribution in [0, 0.1) is 5.82 Å². The quantitative estimate of drug-likeness (QED) is 0.255. The minimum absolute atomic E-state index is 0.0403. The van der Waals surface area contributed by atoms with Crippen molar-refractivity contribution < 1.29 is 18.7 Å². The number of benzene rings is 3. The Bertz CT molecular complexity index is 1540. The molecule has 5 rings (SSSR count). The van der Waals surface area contributed by atoms with E-state index in [1.807, 2.05) is 50.2 Å². The van der Waals surface area contributed by atoms with Gasteiger partial charge in [-0.25, -0.2) is 9.07 Å². The van der Waals surface area contributed by atoms with Crippen molar-refractivity contribution in [1.29, 1.82) is 0 Å². The summed E-state index contributed by atoms with van der Waals surface area (Å²) in [6.07, 6.45) is 0.762. The first-order valence-corrected chi connectivity index (χ1v) is 14.7. The smallest absolute Gasteiger partial charge is 0.240 e.